The van der Waals surface area contributed by atoms with E-state index in [4.69, 9.17) is 0 Å². The first kappa shape index (κ1) is 20.6. The van der Waals surface area contributed by atoms with Crippen molar-refractivity contribution in [2.45, 2.75) is 78.1 Å². The van der Waals surface area contributed by atoms with Gasteiger partial charge in [-0.3, -0.25) is 4.79 Å². The van der Waals surface area contributed by atoms with Crippen molar-refractivity contribution >= 4 is 5.91 Å². The Kier molecular flexibility index (Phi) is 5.71. The molecule has 4 saturated carbocycles. The summed E-state index contributed by atoms with van der Waals surface area (Å²) in [4.78, 5) is 12.5. The molecule has 30 heavy (non-hydrogen) atoms. The van der Waals surface area contributed by atoms with Crippen LogP contribution in [-0.4, -0.2) is 12.5 Å². The van der Waals surface area contributed by atoms with Crippen LogP contribution in [0.15, 0.2) is 30.3 Å². The number of nitrogens with one attached hydrogen (secondary N) is 1. The van der Waals surface area contributed by atoms with E-state index in [0.717, 1.165) is 47.6 Å². The Morgan fingerprint density at radius 2 is 1.77 bits per heavy atom. The molecule has 0 saturated heterocycles. The van der Waals surface area contributed by atoms with Crippen LogP contribution in [-0.2, 0) is 11.2 Å². The van der Waals surface area contributed by atoms with Gasteiger partial charge in [0.2, 0.25) is 5.91 Å². The summed E-state index contributed by atoms with van der Waals surface area (Å²) in [5, 5.41) is 3.31. The lowest BCUT2D eigenvalue weighted by Gasteiger charge is -2.56. The molecule has 0 spiro atoms. The summed E-state index contributed by atoms with van der Waals surface area (Å²) in [6.07, 6.45) is 13.6. The zero-order valence-corrected chi connectivity index (χ0v) is 19.1. The highest BCUT2D eigenvalue weighted by atomic mass is 16.1. The number of hydrogen-bond acceptors (Lipinski definition) is 1. The molecule has 2 heteroatoms. The Hall–Kier alpha value is -1.31. The molecule has 0 bridgehead atoms. The standard InChI is InChI=1S/C28H41NO/c1-19-8-11-23-21(16-19)9-12-25-24(23)14-15-28(2)22(10-13-26(25)28)18-29-27(30)17-20-6-4-3-5-7-20/h3-7,19,21-26H,8-18H2,1-2H3,(H,29,30)/t19-,21+,22+,23-,24?,25+,26?,28+/m0/s1. The first-order valence-electron chi connectivity index (χ1n) is 12.8. The normalized spacial score (nSPS) is 42.7. The summed E-state index contributed by atoms with van der Waals surface area (Å²) >= 11 is 0. The van der Waals surface area contributed by atoms with E-state index in [2.05, 4.69) is 31.3 Å². The zero-order valence-electron chi connectivity index (χ0n) is 19.1. The van der Waals surface area contributed by atoms with E-state index in [0.29, 0.717) is 17.8 Å². The van der Waals surface area contributed by atoms with Crippen LogP contribution in [0.1, 0.15) is 77.2 Å². The number of rotatable bonds is 4. The van der Waals surface area contributed by atoms with Crippen LogP contribution in [0.25, 0.3) is 0 Å². The van der Waals surface area contributed by atoms with Crippen LogP contribution in [0.2, 0.25) is 0 Å². The Morgan fingerprint density at radius 3 is 2.60 bits per heavy atom. The van der Waals surface area contributed by atoms with Crippen molar-refractivity contribution in [3.05, 3.63) is 35.9 Å². The maximum Gasteiger partial charge on any atom is 0.224 e. The summed E-state index contributed by atoms with van der Waals surface area (Å²) in [5.74, 6) is 6.80. The number of fused-ring (bicyclic) bond motifs is 5. The fourth-order valence-electron chi connectivity index (χ4n) is 8.61. The van der Waals surface area contributed by atoms with Gasteiger partial charge in [-0.1, -0.05) is 50.6 Å². The molecule has 5 rings (SSSR count). The smallest absolute Gasteiger partial charge is 0.224 e. The number of carbonyl (C=O) groups is 1. The second-order valence-electron chi connectivity index (χ2n) is 11.6. The minimum Gasteiger partial charge on any atom is -0.356 e. The molecule has 1 aromatic carbocycles. The second kappa shape index (κ2) is 8.32. The Morgan fingerprint density at radius 1 is 0.967 bits per heavy atom. The molecule has 1 N–H and O–H groups in total. The average molecular weight is 408 g/mol. The van der Waals surface area contributed by atoms with Crippen LogP contribution in [0.3, 0.4) is 0 Å². The summed E-state index contributed by atoms with van der Waals surface area (Å²) in [6.45, 7) is 5.96. The van der Waals surface area contributed by atoms with Crippen molar-refractivity contribution in [1.29, 1.82) is 0 Å². The molecule has 1 aromatic rings. The van der Waals surface area contributed by atoms with Crippen molar-refractivity contribution in [2.24, 2.45) is 46.8 Å². The highest BCUT2D eigenvalue weighted by Crippen LogP contribution is 2.64. The number of hydrogen-bond donors (Lipinski definition) is 1. The van der Waals surface area contributed by atoms with Gasteiger partial charge in [0.05, 0.1) is 6.42 Å². The minimum absolute atomic E-state index is 0.193. The van der Waals surface area contributed by atoms with Crippen molar-refractivity contribution in [1.82, 2.24) is 5.32 Å². The average Bonchev–Trinajstić information content (AvgIpc) is 3.09. The zero-order chi connectivity index (χ0) is 20.7. The van der Waals surface area contributed by atoms with Crippen LogP contribution in [0.4, 0.5) is 0 Å². The van der Waals surface area contributed by atoms with Crippen LogP contribution >= 0.6 is 0 Å². The molecule has 0 aliphatic heterocycles. The van der Waals surface area contributed by atoms with Crippen molar-refractivity contribution < 1.29 is 4.79 Å². The van der Waals surface area contributed by atoms with Gasteiger partial charge in [0.1, 0.15) is 0 Å². The predicted molar refractivity (Wildman–Crippen MR) is 123 cm³/mol. The Bertz CT molecular complexity index is 744. The lowest BCUT2D eigenvalue weighted by Crippen LogP contribution is -2.49. The third-order valence-electron chi connectivity index (χ3n) is 10.2. The van der Waals surface area contributed by atoms with Gasteiger partial charge in [-0.2, -0.15) is 0 Å². The summed E-state index contributed by atoms with van der Waals surface area (Å²) < 4.78 is 0. The lowest BCUT2D eigenvalue weighted by molar-refractivity contribution is -0.121. The molecule has 2 unspecified atom stereocenters. The third kappa shape index (κ3) is 3.73. The van der Waals surface area contributed by atoms with Gasteiger partial charge in [-0.25, -0.2) is 0 Å². The van der Waals surface area contributed by atoms with Gasteiger partial charge >= 0.3 is 0 Å². The first-order valence-corrected chi connectivity index (χ1v) is 12.8. The molecule has 8 atom stereocenters. The fourth-order valence-corrected chi connectivity index (χ4v) is 8.61. The van der Waals surface area contributed by atoms with Crippen molar-refractivity contribution in [3.8, 4) is 0 Å². The highest BCUT2D eigenvalue weighted by Gasteiger charge is 2.56. The molecule has 2 nitrogen and oxygen atoms in total. The highest BCUT2D eigenvalue weighted by molar-refractivity contribution is 5.78. The molecule has 0 aromatic heterocycles. The van der Waals surface area contributed by atoms with E-state index in [1.165, 1.54) is 57.8 Å². The van der Waals surface area contributed by atoms with E-state index in [1.807, 2.05) is 18.2 Å². The van der Waals surface area contributed by atoms with Crippen molar-refractivity contribution in [3.63, 3.8) is 0 Å². The maximum atomic E-state index is 12.5. The quantitative estimate of drug-likeness (QED) is 0.628. The van der Waals surface area contributed by atoms with E-state index < -0.39 is 0 Å². The van der Waals surface area contributed by atoms with Crippen LogP contribution in [0.5, 0.6) is 0 Å². The molecule has 0 radical (unpaired) electrons. The number of carbonyl (C=O) groups excluding carboxylic acids is 1. The van der Waals surface area contributed by atoms with Gasteiger partial charge in [-0.05, 0) is 104 Å². The minimum atomic E-state index is 0.193. The Balaban J connectivity index is 1.20. The SMILES string of the molecule is C[C@H]1CC[C@@H]2C3CC[C@@]4(C)C(CC[C@@H]4CNC(=O)Cc4ccccc4)[C@@H]3CC[C@@H]2C1. The van der Waals surface area contributed by atoms with Gasteiger partial charge in [-0.15, -0.1) is 0 Å². The fraction of sp³-hybridized carbons (Fsp3) is 0.750. The van der Waals surface area contributed by atoms with E-state index in [9.17, 15) is 4.79 Å². The molecule has 164 valence electrons. The molecule has 4 aliphatic rings. The van der Waals surface area contributed by atoms with E-state index in [-0.39, 0.29) is 5.91 Å². The van der Waals surface area contributed by atoms with Gasteiger partial charge in [0.15, 0.2) is 0 Å². The lowest BCUT2D eigenvalue weighted by atomic mass is 9.49. The molecular weight excluding hydrogens is 366 g/mol. The van der Waals surface area contributed by atoms with Crippen LogP contribution < -0.4 is 5.32 Å². The molecule has 4 fully saturated rings. The summed E-state index contributed by atoms with van der Waals surface area (Å²) in [5.41, 5.74) is 1.57. The van der Waals surface area contributed by atoms with Gasteiger partial charge in [0.25, 0.3) is 0 Å². The topological polar surface area (TPSA) is 29.1 Å². The molecular formula is C28H41NO. The van der Waals surface area contributed by atoms with Crippen LogP contribution in [0, 0.1) is 46.8 Å². The second-order valence-corrected chi connectivity index (χ2v) is 11.6. The summed E-state index contributed by atoms with van der Waals surface area (Å²) in [6, 6.07) is 10.2. The maximum absolute atomic E-state index is 12.5. The third-order valence-corrected chi connectivity index (χ3v) is 10.2. The molecule has 4 aliphatic carbocycles. The Labute approximate surface area is 183 Å². The van der Waals surface area contributed by atoms with Gasteiger partial charge in [0, 0.05) is 6.54 Å². The van der Waals surface area contributed by atoms with E-state index >= 15 is 0 Å². The number of amides is 1. The largest absolute Gasteiger partial charge is 0.356 e. The molecule has 0 heterocycles. The number of benzene rings is 1. The first-order chi connectivity index (χ1) is 14.5. The summed E-state index contributed by atoms with van der Waals surface area (Å²) in [7, 11) is 0. The van der Waals surface area contributed by atoms with Gasteiger partial charge < -0.3 is 5.32 Å². The van der Waals surface area contributed by atoms with Crippen molar-refractivity contribution in [2.75, 3.05) is 6.54 Å². The monoisotopic (exact) mass is 407 g/mol. The van der Waals surface area contributed by atoms with E-state index in [1.54, 1.807) is 0 Å². The predicted octanol–water partition coefficient (Wildman–Crippen LogP) is 6.25. The molecule has 1 amide bonds.